The van der Waals surface area contributed by atoms with Crippen LogP contribution in [0.2, 0.25) is 0 Å². The van der Waals surface area contributed by atoms with E-state index in [9.17, 15) is 4.79 Å². The number of nitrogens with zero attached hydrogens (tertiary/aromatic N) is 4. The maximum Gasteiger partial charge on any atom is 0.276 e. The molecule has 24 heavy (non-hydrogen) atoms. The summed E-state index contributed by atoms with van der Waals surface area (Å²) in [4.78, 5) is 14.6. The first-order chi connectivity index (χ1) is 11.6. The third-order valence-corrected chi connectivity index (χ3v) is 5.47. The van der Waals surface area contributed by atoms with Crippen molar-refractivity contribution < 1.29 is 4.79 Å². The van der Waals surface area contributed by atoms with Gasteiger partial charge >= 0.3 is 0 Å². The molecule has 1 aromatic heterocycles. The number of hydrogen-bond acceptors (Lipinski definition) is 4. The van der Waals surface area contributed by atoms with Crippen LogP contribution < -0.4 is 5.32 Å². The summed E-state index contributed by atoms with van der Waals surface area (Å²) in [5.41, 5.74) is 0.508. The third kappa shape index (κ3) is 4.35. The van der Waals surface area contributed by atoms with Gasteiger partial charge in [-0.25, -0.2) is 4.68 Å². The van der Waals surface area contributed by atoms with Gasteiger partial charge in [-0.2, -0.15) is 0 Å². The smallest absolute Gasteiger partial charge is 0.276 e. The molecule has 0 atom stereocenters. The van der Waals surface area contributed by atoms with Crippen LogP contribution in [0.1, 0.15) is 68.9 Å². The molecule has 2 aliphatic rings. The summed E-state index contributed by atoms with van der Waals surface area (Å²) < 4.78 is 1.89. The third-order valence-electron chi connectivity index (χ3n) is 5.47. The van der Waals surface area contributed by atoms with Gasteiger partial charge in [0.1, 0.15) is 0 Å². The molecule has 0 aliphatic carbocycles. The lowest BCUT2D eigenvalue weighted by atomic mass is 9.89. The van der Waals surface area contributed by atoms with Crippen LogP contribution in [0.15, 0.2) is 6.20 Å². The molecular formula is C18H31N5O. The van der Waals surface area contributed by atoms with E-state index in [4.69, 9.17) is 0 Å². The predicted molar refractivity (Wildman–Crippen MR) is 93.9 cm³/mol. The maximum atomic E-state index is 12.7. The lowest BCUT2D eigenvalue weighted by Crippen LogP contribution is -2.38. The van der Waals surface area contributed by atoms with Gasteiger partial charge in [0, 0.05) is 13.1 Å². The molecule has 0 spiro atoms. The van der Waals surface area contributed by atoms with Crippen LogP contribution in [0.4, 0.5) is 0 Å². The number of amides is 1. The highest BCUT2D eigenvalue weighted by Crippen LogP contribution is 2.25. The van der Waals surface area contributed by atoms with E-state index >= 15 is 0 Å². The Morgan fingerprint density at radius 3 is 2.62 bits per heavy atom. The number of carbonyl (C=O) groups is 1. The van der Waals surface area contributed by atoms with Gasteiger partial charge in [-0.1, -0.05) is 31.9 Å². The van der Waals surface area contributed by atoms with E-state index in [1.807, 2.05) is 15.8 Å². The molecule has 6 nitrogen and oxygen atoms in total. The highest BCUT2D eigenvalue weighted by Gasteiger charge is 2.26. The largest absolute Gasteiger partial charge is 0.337 e. The molecule has 3 rings (SSSR count). The Morgan fingerprint density at radius 2 is 1.96 bits per heavy atom. The van der Waals surface area contributed by atoms with Crippen molar-refractivity contribution in [1.82, 2.24) is 25.2 Å². The minimum atomic E-state index is 0.0532. The molecule has 0 radical (unpaired) electrons. The standard InChI is InChI=1S/C18H31N5O/c1-14(2)3-4-15-7-11-22(12-8-15)18(24)17-13-23(21-20-17)16-5-9-19-10-6-16/h13-16,19H,3-12H2,1-2H3. The lowest BCUT2D eigenvalue weighted by Gasteiger charge is -2.31. The number of likely N-dealkylation sites (tertiary alicyclic amines) is 1. The summed E-state index contributed by atoms with van der Waals surface area (Å²) in [5.74, 6) is 1.61. The van der Waals surface area contributed by atoms with Crippen LogP contribution in [-0.4, -0.2) is 52.0 Å². The van der Waals surface area contributed by atoms with Gasteiger partial charge in [-0.05, 0) is 50.6 Å². The maximum absolute atomic E-state index is 12.7. The first kappa shape index (κ1) is 17.4. The van der Waals surface area contributed by atoms with E-state index in [-0.39, 0.29) is 5.91 Å². The molecule has 1 N–H and O–H groups in total. The molecule has 2 saturated heterocycles. The highest BCUT2D eigenvalue weighted by molar-refractivity contribution is 5.92. The monoisotopic (exact) mass is 333 g/mol. The van der Waals surface area contributed by atoms with Crippen LogP contribution in [0.25, 0.3) is 0 Å². The zero-order valence-corrected chi connectivity index (χ0v) is 15.1. The van der Waals surface area contributed by atoms with Crippen LogP contribution >= 0.6 is 0 Å². The summed E-state index contributed by atoms with van der Waals surface area (Å²) in [7, 11) is 0. The zero-order chi connectivity index (χ0) is 16.9. The van der Waals surface area contributed by atoms with Crippen molar-refractivity contribution in [3.8, 4) is 0 Å². The molecule has 0 bridgehead atoms. The van der Waals surface area contributed by atoms with Crippen LogP contribution in [0, 0.1) is 11.8 Å². The van der Waals surface area contributed by atoms with E-state index in [1.165, 1.54) is 12.8 Å². The molecule has 6 heteroatoms. The van der Waals surface area contributed by atoms with Gasteiger partial charge in [0.05, 0.1) is 12.2 Å². The number of piperidine rings is 2. The number of carbonyl (C=O) groups excluding carboxylic acids is 1. The van der Waals surface area contributed by atoms with Crippen molar-refractivity contribution in [2.75, 3.05) is 26.2 Å². The minimum absolute atomic E-state index is 0.0532. The van der Waals surface area contributed by atoms with E-state index < -0.39 is 0 Å². The second kappa shape index (κ2) is 8.10. The van der Waals surface area contributed by atoms with Gasteiger partial charge in [0.2, 0.25) is 0 Å². The Labute approximate surface area is 145 Å². The van der Waals surface area contributed by atoms with Crippen molar-refractivity contribution in [2.45, 2.75) is 58.4 Å². The molecule has 1 aromatic rings. The fourth-order valence-corrected chi connectivity index (χ4v) is 3.78. The average molecular weight is 333 g/mol. The van der Waals surface area contributed by atoms with E-state index in [0.29, 0.717) is 11.7 Å². The number of aromatic nitrogens is 3. The quantitative estimate of drug-likeness (QED) is 0.899. The van der Waals surface area contributed by atoms with E-state index in [1.54, 1.807) is 0 Å². The molecule has 0 aromatic carbocycles. The van der Waals surface area contributed by atoms with Gasteiger partial charge in [0.25, 0.3) is 5.91 Å². The first-order valence-electron chi connectivity index (χ1n) is 9.55. The molecule has 3 heterocycles. The SMILES string of the molecule is CC(C)CCC1CCN(C(=O)c2cn(C3CCNCC3)nn2)CC1. The Kier molecular flexibility index (Phi) is 5.87. The Morgan fingerprint density at radius 1 is 1.25 bits per heavy atom. The second-order valence-corrected chi connectivity index (χ2v) is 7.77. The van der Waals surface area contributed by atoms with Gasteiger partial charge in [-0.15, -0.1) is 5.10 Å². The molecule has 2 fully saturated rings. The summed E-state index contributed by atoms with van der Waals surface area (Å²) in [6.45, 7) is 8.31. The van der Waals surface area contributed by atoms with Crippen LogP contribution in [0.5, 0.6) is 0 Å². The molecule has 134 valence electrons. The zero-order valence-electron chi connectivity index (χ0n) is 15.1. The number of rotatable bonds is 5. The topological polar surface area (TPSA) is 63.1 Å². The van der Waals surface area contributed by atoms with Crippen molar-refractivity contribution >= 4 is 5.91 Å². The summed E-state index contributed by atoms with van der Waals surface area (Å²) in [6.07, 6.45) is 8.80. The molecule has 0 unspecified atom stereocenters. The minimum Gasteiger partial charge on any atom is -0.337 e. The van der Waals surface area contributed by atoms with Crippen molar-refractivity contribution in [1.29, 1.82) is 0 Å². The summed E-state index contributed by atoms with van der Waals surface area (Å²) in [5, 5.41) is 11.7. The fourth-order valence-electron chi connectivity index (χ4n) is 3.78. The predicted octanol–water partition coefficient (Wildman–Crippen LogP) is 2.49. The second-order valence-electron chi connectivity index (χ2n) is 7.77. The number of hydrogen-bond donors (Lipinski definition) is 1. The summed E-state index contributed by atoms with van der Waals surface area (Å²) in [6, 6.07) is 0.377. The lowest BCUT2D eigenvalue weighted by molar-refractivity contribution is 0.0678. The normalized spacial score (nSPS) is 20.7. The van der Waals surface area contributed by atoms with Gasteiger partial charge < -0.3 is 10.2 Å². The molecule has 0 saturated carbocycles. The van der Waals surface area contributed by atoms with Gasteiger partial charge in [-0.3, -0.25) is 4.79 Å². The van der Waals surface area contributed by atoms with Crippen molar-refractivity contribution in [3.05, 3.63) is 11.9 Å². The van der Waals surface area contributed by atoms with Crippen LogP contribution in [-0.2, 0) is 0 Å². The molecule has 2 aliphatic heterocycles. The average Bonchev–Trinajstić information content (AvgIpc) is 3.10. The Balaban J connectivity index is 1.51. The summed E-state index contributed by atoms with van der Waals surface area (Å²) >= 11 is 0. The molecular weight excluding hydrogens is 302 g/mol. The van der Waals surface area contributed by atoms with Gasteiger partial charge in [0.15, 0.2) is 5.69 Å². The fraction of sp³-hybridized carbons (Fsp3) is 0.833. The Bertz CT molecular complexity index is 527. The van der Waals surface area contributed by atoms with Crippen molar-refractivity contribution in [2.24, 2.45) is 11.8 Å². The van der Waals surface area contributed by atoms with E-state index in [2.05, 4.69) is 29.5 Å². The van der Waals surface area contributed by atoms with Crippen LogP contribution in [0.3, 0.4) is 0 Å². The van der Waals surface area contributed by atoms with Crippen molar-refractivity contribution in [3.63, 3.8) is 0 Å². The first-order valence-corrected chi connectivity index (χ1v) is 9.55. The number of nitrogens with one attached hydrogen (secondary N) is 1. The van der Waals surface area contributed by atoms with E-state index in [0.717, 1.165) is 63.7 Å². The highest BCUT2D eigenvalue weighted by atomic mass is 16.2. The molecule has 1 amide bonds. The Hall–Kier alpha value is -1.43.